The predicted molar refractivity (Wildman–Crippen MR) is 101 cm³/mol. The maximum absolute atomic E-state index is 12.3. The van der Waals surface area contributed by atoms with Crippen molar-refractivity contribution in [3.05, 3.63) is 39.2 Å². The number of nitrogens with zero attached hydrogens (tertiary/aromatic N) is 2. The lowest BCUT2D eigenvalue weighted by atomic mass is 10.2. The van der Waals surface area contributed by atoms with Crippen LogP contribution in [0.4, 0.5) is 0 Å². The minimum Gasteiger partial charge on any atom is -0.348 e. The van der Waals surface area contributed by atoms with Crippen LogP contribution in [0.15, 0.2) is 28.9 Å². The van der Waals surface area contributed by atoms with Gasteiger partial charge in [0.25, 0.3) is 0 Å². The Bertz CT molecular complexity index is 873. The molecule has 3 aromatic rings. The fourth-order valence-corrected chi connectivity index (χ4v) is 5.90. The van der Waals surface area contributed by atoms with E-state index in [4.69, 9.17) is 0 Å². The summed E-state index contributed by atoms with van der Waals surface area (Å²) < 4.78 is 0. The summed E-state index contributed by atoms with van der Waals surface area (Å²) >= 11 is 4.96. The maximum atomic E-state index is 12.3. The van der Waals surface area contributed by atoms with E-state index in [1.165, 1.54) is 38.9 Å². The maximum Gasteiger partial charge on any atom is 0.230 e. The molecule has 24 heavy (non-hydrogen) atoms. The van der Waals surface area contributed by atoms with Gasteiger partial charge in [-0.3, -0.25) is 4.79 Å². The number of rotatable bonds is 5. The molecule has 0 spiro atoms. The van der Waals surface area contributed by atoms with Crippen LogP contribution in [-0.4, -0.2) is 21.6 Å². The number of thiophene rings is 2. The molecule has 1 amide bonds. The molecule has 4 nitrogen and oxygen atoms in total. The molecule has 1 aliphatic rings. The average Bonchev–Trinajstić information content (AvgIpc) is 3.28. The zero-order valence-electron chi connectivity index (χ0n) is 13.2. The smallest absolute Gasteiger partial charge is 0.230 e. The Morgan fingerprint density at radius 3 is 3.17 bits per heavy atom. The Balaban J connectivity index is 1.46. The molecule has 1 N–H and O–H groups in total. The highest BCUT2D eigenvalue weighted by atomic mass is 32.2. The van der Waals surface area contributed by atoms with Crippen LogP contribution in [0.3, 0.4) is 0 Å². The van der Waals surface area contributed by atoms with E-state index in [1.807, 2.05) is 24.4 Å². The van der Waals surface area contributed by atoms with Gasteiger partial charge in [-0.1, -0.05) is 17.8 Å². The van der Waals surface area contributed by atoms with E-state index in [2.05, 4.69) is 15.3 Å². The molecule has 124 valence electrons. The van der Waals surface area contributed by atoms with Crippen molar-refractivity contribution in [3.8, 4) is 0 Å². The van der Waals surface area contributed by atoms with Crippen LogP contribution in [0.5, 0.6) is 0 Å². The molecule has 0 aromatic carbocycles. The zero-order chi connectivity index (χ0) is 16.5. The molecule has 0 saturated carbocycles. The molecular formula is C17H17N3OS3. The number of aromatic nitrogens is 2. The van der Waals surface area contributed by atoms with Gasteiger partial charge in [0.2, 0.25) is 5.91 Å². The lowest BCUT2D eigenvalue weighted by molar-refractivity contribution is -0.119. The average molecular weight is 376 g/mol. The summed E-state index contributed by atoms with van der Waals surface area (Å²) in [5, 5.41) is 7.21. The first-order valence-electron chi connectivity index (χ1n) is 7.93. The highest BCUT2D eigenvalue weighted by Crippen LogP contribution is 2.39. The van der Waals surface area contributed by atoms with Gasteiger partial charge < -0.3 is 5.32 Å². The first-order valence-corrected chi connectivity index (χ1v) is 10.6. The van der Waals surface area contributed by atoms with Crippen LogP contribution in [-0.2, 0) is 17.6 Å². The van der Waals surface area contributed by atoms with Gasteiger partial charge in [-0.25, -0.2) is 9.97 Å². The van der Waals surface area contributed by atoms with Crippen LogP contribution in [0, 0.1) is 0 Å². The van der Waals surface area contributed by atoms with Gasteiger partial charge >= 0.3 is 0 Å². The van der Waals surface area contributed by atoms with Crippen molar-refractivity contribution in [1.29, 1.82) is 0 Å². The van der Waals surface area contributed by atoms with E-state index in [9.17, 15) is 4.79 Å². The third-order valence-corrected chi connectivity index (χ3v) is 7.40. The van der Waals surface area contributed by atoms with Gasteiger partial charge in [-0.05, 0) is 43.2 Å². The van der Waals surface area contributed by atoms with E-state index < -0.39 is 0 Å². The fourth-order valence-electron chi connectivity index (χ4n) is 3.03. The van der Waals surface area contributed by atoms with Crippen molar-refractivity contribution in [2.45, 2.75) is 37.3 Å². The van der Waals surface area contributed by atoms with Crippen molar-refractivity contribution < 1.29 is 4.79 Å². The summed E-state index contributed by atoms with van der Waals surface area (Å²) in [6.45, 7) is 2.02. The van der Waals surface area contributed by atoms with Gasteiger partial charge in [0.15, 0.2) is 0 Å². The van der Waals surface area contributed by atoms with Crippen molar-refractivity contribution in [2.75, 3.05) is 5.75 Å². The summed E-state index contributed by atoms with van der Waals surface area (Å²) in [4.78, 5) is 24.8. The monoisotopic (exact) mass is 375 g/mol. The Labute approximate surface area is 152 Å². The number of nitrogens with one attached hydrogen (secondary N) is 1. The molecule has 0 saturated heterocycles. The summed E-state index contributed by atoms with van der Waals surface area (Å²) in [6.07, 6.45) is 5.09. The molecule has 0 fully saturated rings. The van der Waals surface area contributed by atoms with Crippen LogP contribution in [0.2, 0.25) is 0 Å². The fraction of sp³-hybridized carbons (Fsp3) is 0.353. The van der Waals surface area contributed by atoms with Crippen molar-refractivity contribution >= 4 is 50.6 Å². The number of carbonyl (C=O) groups excluding carboxylic acids is 1. The first-order chi connectivity index (χ1) is 11.7. The lowest BCUT2D eigenvalue weighted by Crippen LogP contribution is -2.27. The number of aryl methyl sites for hydroxylation is 2. The molecule has 0 aliphatic heterocycles. The van der Waals surface area contributed by atoms with E-state index in [0.717, 1.165) is 22.7 Å². The number of hydrogen-bond acceptors (Lipinski definition) is 6. The lowest BCUT2D eigenvalue weighted by Gasteiger charge is -2.12. The third kappa shape index (κ3) is 3.08. The molecule has 0 bridgehead atoms. The van der Waals surface area contributed by atoms with Crippen molar-refractivity contribution in [2.24, 2.45) is 0 Å². The molecule has 3 heterocycles. The van der Waals surface area contributed by atoms with E-state index in [0.29, 0.717) is 5.75 Å². The number of hydrogen-bond donors (Lipinski definition) is 1. The number of thioether (sulfide) groups is 1. The normalized spacial score (nSPS) is 14.7. The molecule has 4 rings (SSSR count). The van der Waals surface area contributed by atoms with E-state index >= 15 is 0 Å². The third-order valence-electron chi connectivity index (χ3n) is 4.15. The van der Waals surface area contributed by atoms with E-state index in [1.54, 1.807) is 29.0 Å². The van der Waals surface area contributed by atoms with Gasteiger partial charge in [0.1, 0.15) is 16.2 Å². The molecule has 0 radical (unpaired) electrons. The summed E-state index contributed by atoms with van der Waals surface area (Å²) in [6, 6.07) is 4.10. The minimum absolute atomic E-state index is 0.0412. The quantitative estimate of drug-likeness (QED) is 0.536. The highest BCUT2D eigenvalue weighted by molar-refractivity contribution is 8.00. The Morgan fingerprint density at radius 1 is 1.42 bits per heavy atom. The van der Waals surface area contributed by atoms with Gasteiger partial charge in [-0.15, -0.1) is 22.7 Å². The van der Waals surface area contributed by atoms with Crippen LogP contribution in [0.25, 0.3) is 10.2 Å². The van der Waals surface area contributed by atoms with Crippen molar-refractivity contribution in [1.82, 2.24) is 15.3 Å². The highest BCUT2D eigenvalue weighted by Gasteiger charge is 2.21. The Morgan fingerprint density at radius 2 is 2.33 bits per heavy atom. The first kappa shape index (κ1) is 16.1. The van der Waals surface area contributed by atoms with Gasteiger partial charge in [0.05, 0.1) is 11.8 Å². The predicted octanol–water partition coefficient (Wildman–Crippen LogP) is 4.21. The van der Waals surface area contributed by atoms with Crippen LogP contribution in [0.1, 0.15) is 34.7 Å². The number of fused-ring (bicyclic) bond motifs is 3. The number of carbonyl (C=O) groups is 1. The zero-order valence-corrected chi connectivity index (χ0v) is 15.7. The SMILES string of the molecule is CC(NC(=O)CSc1ncnc2sc3c(c12)CCC3)c1cccs1. The Hall–Kier alpha value is -1.44. The van der Waals surface area contributed by atoms with Crippen LogP contribution < -0.4 is 5.32 Å². The molecule has 7 heteroatoms. The number of amides is 1. The molecule has 1 unspecified atom stereocenters. The second-order valence-corrected chi connectivity index (χ2v) is 8.84. The van der Waals surface area contributed by atoms with Gasteiger partial charge in [0, 0.05) is 15.1 Å². The summed E-state index contributed by atoms with van der Waals surface area (Å²) in [5.41, 5.74) is 1.41. The van der Waals surface area contributed by atoms with Crippen LogP contribution >= 0.6 is 34.4 Å². The largest absolute Gasteiger partial charge is 0.348 e. The summed E-state index contributed by atoms with van der Waals surface area (Å²) in [5.74, 6) is 0.423. The molecule has 1 atom stereocenters. The summed E-state index contributed by atoms with van der Waals surface area (Å²) in [7, 11) is 0. The topological polar surface area (TPSA) is 54.9 Å². The van der Waals surface area contributed by atoms with Crippen molar-refractivity contribution in [3.63, 3.8) is 0 Å². The Kier molecular flexibility index (Phi) is 4.56. The molecular weight excluding hydrogens is 358 g/mol. The minimum atomic E-state index is 0.0412. The second kappa shape index (κ2) is 6.82. The molecule has 1 aliphatic carbocycles. The van der Waals surface area contributed by atoms with E-state index in [-0.39, 0.29) is 11.9 Å². The standard InChI is InChI=1S/C17H17N3OS3/c1-10(12-6-3-7-22-12)20-14(21)8-23-16-15-11-4-2-5-13(11)24-17(15)19-9-18-16/h3,6-7,9-10H,2,4-5,8H2,1H3,(H,20,21). The second-order valence-electron chi connectivity index (χ2n) is 5.81. The molecule has 3 aromatic heterocycles. The van der Waals surface area contributed by atoms with Gasteiger partial charge in [-0.2, -0.15) is 0 Å².